The van der Waals surface area contributed by atoms with Crippen molar-refractivity contribution in [1.82, 2.24) is 5.32 Å². The molecule has 0 fully saturated rings. The lowest BCUT2D eigenvalue weighted by atomic mass is 10.3. The molecule has 0 heterocycles. The molecule has 0 bridgehead atoms. The maximum atomic E-state index is 12.3. The fourth-order valence-corrected chi connectivity index (χ4v) is 2.17. The van der Waals surface area contributed by atoms with Crippen LogP contribution in [0.3, 0.4) is 0 Å². The molecule has 1 aromatic rings. The molecule has 0 atom stereocenters. The van der Waals surface area contributed by atoms with Crippen molar-refractivity contribution < 1.29 is 31.9 Å². The van der Waals surface area contributed by atoms with Gasteiger partial charge in [-0.3, -0.25) is 4.79 Å². The topological polar surface area (TPSA) is 113 Å². The number of nitrogens with one attached hydrogen (secondary N) is 2. The summed E-state index contributed by atoms with van der Waals surface area (Å²) >= 11 is 0. The predicted octanol–water partition coefficient (Wildman–Crippen LogP) is 1.67. The molecule has 0 saturated heterocycles. The van der Waals surface area contributed by atoms with Crippen LogP contribution in [0.2, 0.25) is 0 Å². The summed E-state index contributed by atoms with van der Waals surface area (Å²) < 4.78 is 47.1. The Morgan fingerprint density at radius 3 is 2.27 bits per heavy atom. The Morgan fingerprint density at radius 2 is 1.77 bits per heavy atom. The number of hydrogen-bond acceptors (Lipinski definition) is 4. The summed E-state index contributed by atoms with van der Waals surface area (Å²) in [5, 5.41) is 13.2. The summed E-state index contributed by atoms with van der Waals surface area (Å²) in [6, 6.07) is 3.65. The molecular formula is C12H14F2N2O5S. The second-order valence-electron chi connectivity index (χ2n) is 4.21. The molecule has 10 heteroatoms. The average molecular weight is 336 g/mol. The molecule has 0 aromatic heterocycles. The van der Waals surface area contributed by atoms with Crippen molar-refractivity contribution in [2.75, 3.05) is 11.9 Å². The number of rotatable bonds is 7. The highest BCUT2D eigenvalue weighted by atomic mass is 32.2. The van der Waals surface area contributed by atoms with Crippen LogP contribution in [0, 0.1) is 0 Å². The van der Waals surface area contributed by atoms with Gasteiger partial charge in [-0.2, -0.15) is 8.78 Å². The Labute approximate surface area is 125 Å². The number of benzene rings is 1. The van der Waals surface area contributed by atoms with E-state index in [-0.39, 0.29) is 25.1 Å². The maximum absolute atomic E-state index is 12.3. The Morgan fingerprint density at radius 1 is 1.18 bits per heavy atom. The zero-order valence-corrected chi connectivity index (χ0v) is 12.1. The standard InChI is InChI=1S/C12H14F2N2O5S/c13-11(14)22(20,21)9-5-3-8(4-6-9)16-12(19)15-7-1-2-10(17)18/h3-6,11H,1-2,7H2,(H,17,18)(H2,15,16,19). The molecule has 0 radical (unpaired) electrons. The lowest BCUT2D eigenvalue weighted by molar-refractivity contribution is -0.137. The number of amides is 2. The first kappa shape index (κ1) is 17.8. The van der Waals surface area contributed by atoms with E-state index < -0.39 is 32.5 Å². The third-order valence-electron chi connectivity index (χ3n) is 2.53. The van der Waals surface area contributed by atoms with Crippen LogP contribution in [-0.4, -0.2) is 37.8 Å². The van der Waals surface area contributed by atoms with E-state index in [1.165, 1.54) is 12.1 Å². The number of carboxylic acids is 1. The molecule has 0 saturated carbocycles. The van der Waals surface area contributed by atoms with Gasteiger partial charge in [0.2, 0.25) is 9.84 Å². The van der Waals surface area contributed by atoms with Gasteiger partial charge in [-0.1, -0.05) is 0 Å². The molecule has 0 unspecified atom stereocenters. The minimum Gasteiger partial charge on any atom is -0.481 e. The summed E-state index contributed by atoms with van der Waals surface area (Å²) in [5.41, 5.74) is 0.212. The first-order chi connectivity index (χ1) is 10.2. The quantitative estimate of drug-likeness (QED) is 0.656. The van der Waals surface area contributed by atoms with E-state index in [0.717, 1.165) is 12.1 Å². The van der Waals surface area contributed by atoms with Crippen molar-refractivity contribution in [3.05, 3.63) is 24.3 Å². The minimum atomic E-state index is -4.67. The zero-order valence-electron chi connectivity index (χ0n) is 11.3. The number of hydrogen-bond donors (Lipinski definition) is 3. The van der Waals surface area contributed by atoms with E-state index in [2.05, 4.69) is 10.6 Å². The molecule has 122 valence electrons. The summed E-state index contributed by atoms with van der Waals surface area (Å²) in [4.78, 5) is 21.2. The van der Waals surface area contributed by atoms with Crippen molar-refractivity contribution in [3.63, 3.8) is 0 Å². The largest absolute Gasteiger partial charge is 0.481 e. The van der Waals surface area contributed by atoms with Crippen LogP contribution in [0.25, 0.3) is 0 Å². The van der Waals surface area contributed by atoms with E-state index >= 15 is 0 Å². The zero-order chi connectivity index (χ0) is 16.8. The van der Waals surface area contributed by atoms with Crippen molar-refractivity contribution in [1.29, 1.82) is 0 Å². The number of carboxylic acid groups (broad SMARTS) is 1. The van der Waals surface area contributed by atoms with Gasteiger partial charge < -0.3 is 15.7 Å². The van der Waals surface area contributed by atoms with Crippen molar-refractivity contribution in [3.8, 4) is 0 Å². The number of halogens is 2. The third-order valence-corrected chi connectivity index (χ3v) is 3.93. The van der Waals surface area contributed by atoms with Gasteiger partial charge in [0, 0.05) is 18.7 Å². The second kappa shape index (κ2) is 7.69. The summed E-state index contributed by atoms with van der Waals surface area (Å²) in [6.07, 6.45) is 0.175. The molecule has 1 rings (SSSR count). The molecule has 0 aliphatic carbocycles. The van der Waals surface area contributed by atoms with Crippen molar-refractivity contribution in [2.45, 2.75) is 23.5 Å². The number of alkyl halides is 2. The molecule has 2 amide bonds. The highest BCUT2D eigenvalue weighted by Gasteiger charge is 2.26. The van der Waals surface area contributed by atoms with E-state index in [1.807, 2.05) is 0 Å². The van der Waals surface area contributed by atoms with Crippen LogP contribution >= 0.6 is 0 Å². The monoisotopic (exact) mass is 336 g/mol. The van der Waals surface area contributed by atoms with Crippen LogP contribution in [0.5, 0.6) is 0 Å². The predicted molar refractivity (Wildman–Crippen MR) is 73.5 cm³/mol. The summed E-state index contributed by atoms with van der Waals surface area (Å²) in [7, 11) is -4.67. The van der Waals surface area contributed by atoms with Gasteiger partial charge in [0.25, 0.3) is 0 Å². The number of sulfone groups is 1. The van der Waals surface area contributed by atoms with E-state index in [1.54, 1.807) is 0 Å². The van der Waals surface area contributed by atoms with E-state index in [0.29, 0.717) is 0 Å². The van der Waals surface area contributed by atoms with Crippen LogP contribution in [0.1, 0.15) is 12.8 Å². The Kier molecular flexibility index (Phi) is 6.23. The normalized spacial score (nSPS) is 11.2. The fourth-order valence-electron chi connectivity index (χ4n) is 1.45. The van der Waals surface area contributed by atoms with Crippen molar-refractivity contribution in [2.24, 2.45) is 0 Å². The molecule has 1 aromatic carbocycles. The average Bonchev–Trinajstić information content (AvgIpc) is 2.44. The van der Waals surface area contributed by atoms with Gasteiger partial charge >= 0.3 is 17.8 Å². The van der Waals surface area contributed by atoms with Crippen LogP contribution in [-0.2, 0) is 14.6 Å². The maximum Gasteiger partial charge on any atom is 0.341 e. The van der Waals surface area contributed by atoms with Crippen molar-refractivity contribution >= 4 is 27.5 Å². The van der Waals surface area contributed by atoms with Crippen LogP contribution in [0.4, 0.5) is 19.3 Å². The highest BCUT2D eigenvalue weighted by molar-refractivity contribution is 7.91. The molecule has 0 spiro atoms. The van der Waals surface area contributed by atoms with Gasteiger partial charge in [0.05, 0.1) is 4.90 Å². The number of urea groups is 1. The Balaban J connectivity index is 2.54. The van der Waals surface area contributed by atoms with Gasteiger partial charge in [0.15, 0.2) is 0 Å². The summed E-state index contributed by atoms with van der Waals surface area (Å²) in [6.45, 7) is 0.149. The molecule has 0 aliphatic heterocycles. The number of carbonyl (C=O) groups excluding carboxylic acids is 1. The van der Waals surface area contributed by atoms with Crippen LogP contribution < -0.4 is 10.6 Å². The van der Waals surface area contributed by atoms with E-state index in [9.17, 15) is 26.8 Å². The lowest BCUT2D eigenvalue weighted by Gasteiger charge is -2.08. The first-order valence-corrected chi connectivity index (χ1v) is 7.67. The van der Waals surface area contributed by atoms with Gasteiger partial charge in [-0.25, -0.2) is 13.2 Å². The number of carbonyl (C=O) groups is 2. The minimum absolute atomic E-state index is 0.0829. The van der Waals surface area contributed by atoms with Gasteiger partial charge in [0.1, 0.15) is 0 Å². The Bertz CT molecular complexity index is 631. The molecule has 22 heavy (non-hydrogen) atoms. The molecule has 3 N–H and O–H groups in total. The SMILES string of the molecule is O=C(O)CCCNC(=O)Nc1ccc(S(=O)(=O)C(F)F)cc1. The molecular weight excluding hydrogens is 322 g/mol. The summed E-state index contributed by atoms with van der Waals surface area (Å²) in [5.74, 6) is -4.48. The highest BCUT2D eigenvalue weighted by Crippen LogP contribution is 2.20. The number of anilines is 1. The van der Waals surface area contributed by atoms with E-state index in [4.69, 9.17) is 5.11 Å². The lowest BCUT2D eigenvalue weighted by Crippen LogP contribution is -2.29. The fraction of sp³-hybridized carbons (Fsp3) is 0.333. The first-order valence-electron chi connectivity index (χ1n) is 6.12. The second-order valence-corrected chi connectivity index (χ2v) is 6.13. The van der Waals surface area contributed by atoms with Gasteiger partial charge in [-0.05, 0) is 30.7 Å². The van der Waals surface area contributed by atoms with Gasteiger partial charge in [-0.15, -0.1) is 0 Å². The third kappa shape index (κ3) is 5.28. The smallest absolute Gasteiger partial charge is 0.341 e. The molecule has 7 nitrogen and oxygen atoms in total. The van der Waals surface area contributed by atoms with Crippen LogP contribution in [0.15, 0.2) is 29.2 Å². The Hall–Kier alpha value is -2.23. The molecule has 0 aliphatic rings. The number of aliphatic carboxylic acids is 1.